The van der Waals surface area contributed by atoms with Crippen LogP contribution in [0.2, 0.25) is 0 Å². The van der Waals surface area contributed by atoms with Crippen LogP contribution in [0, 0.1) is 0 Å². The molecule has 5 heteroatoms. The third-order valence-corrected chi connectivity index (χ3v) is 4.87. The lowest BCUT2D eigenvalue weighted by Gasteiger charge is -2.32. The van der Waals surface area contributed by atoms with Crippen molar-refractivity contribution in [2.24, 2.45) is 0 Å². The summed E-state index contributed by atoms with van der Waals surface area (Å²) in [6.07, 6.45) is 4.10. The van der Waals surface area contributed by atoms with Crippen LogP contribution in [0.1, 0.15) is 43.6 Å². The summed E-state index contributed by atoms with van der Waals surface area (Å²) < 4.78 is 0. The molecule has 2 heterocycles. The first-order chi connectivity index (χ1) is 10.7. The van der Waals surface area contributed by atoms with Gasteiger partial charge in [0, 0.05) is 19.4 Å². The molecule has 1 aromatic rings. The maximum Gasteiger partial charge on any atom is 0.229 e. The molecule has 0 aliphatic carbocycles. The highest BCUT2D eigenvalue weighted by Crippen LogP contribution is 2.27. The Morgan fingerprint density at radius 1 is 0.913 bits per heavy atom. The Hall–Kier alpha value is -1.39. The van der Waals surface area contributed by atoms with Crippen molar-refractivity contribution in [1.29, 1.82) is 0 Å². The lowest BCUT2D eigenvalue weighted by atomic mass is 9.89. The Kier molecular flexibility index (Phi) is 6.60. The quantitative estimate of drug-likeness (QED) is 0.776. The number of imide groups is 1. The second-order valence-electron chi connectivity index (χ2n) is 6.32. The molecule has 0 unspecified atom stereocenters. The molecule has 23 heavy (non-hydrogen) atoms. The predicted octanol–water partition coefficient (Wildman–Crippen LogP) is 2.83. The van der Waals surface area contributed by atoms with E-state index in [2.05, 4.69) is 35.2 Å². The molecule has 2 fully saturated rings. The van der Waals surface area contributed by atoms with Crippen LogP contribution in [0.4, 0.5) is 0 Å². The fraction of sp³-hybridized carbons (Fsp3) is 0.556. The highest BCUT2D eigenvalue weighted by Gasteiger charge is 2.28. The molecular formula is C18H25ClN2O2. The number of carbonyl (C=O) groups excluding carboxylic acids is 2. The smallest absolute Gasteiger partial charge is 0.229 e. The number of carbonyl (C=O) groups is 2. The summed E-state index contributed by atoms with van der Waals surface area (Å²) >= 11 is 0. The molecule has 0 N–H and O–H groups in total. The molecule has 0 radical (unpaired) electrons. The Labute approximate surface area is 144 Å². The number of hydrogen-bond acceptors (Lipinski definition) is 3. The van der Waals surface area contributed by atoms with Gasteiger partial charge in [0.15, 0.2) is 0 Å². The van der Waals surface area contributed by atoms with Crippen LogP contribution in [0.25, 0.3) is 0 Å². The van der Waals surface area contributed by atoms with Crippen LogP contribution in [-0.2, 0) is 9.59 Å². The summed E-state index contributed by atoms with van der Waals surface area (Å²) in [5.41, 5.74) is 1.45. The van der Waals surface area contributed by atoms with Crippen molar-refractivity contribution in [3.05, 3.63) is 35.9 Å². The Morgan fingerprint density at radius 3 is 2.13 bits per heavy atom. The Morgan fingerprint density at radius 2 is 1.52 bits per heavy atom. The highest BCUT2D eigenvalue weighted by atomic mass is 35.5. The Balaban J connectivity index is 0.00000192. The van der Waals surface area contributed by atoms with Crippen molar-refractivity contribution < 1.29 is 9.59 Å². The zero-order valence-corrected chi connectivity index (χ0v) is 14.3. The molecule has 2 aliphatic rings. The van der Waals surface area contributed by atoms with Gasteiger partial charge in [-0.05, 0) is 50.4 Å². The molecule has 126 valence electrons. The molecular weight excluding hydrogens is 312 g/mol. The minimum Gasteiger partial charge on any atom is -0.303 e. The minimum atomic E-state index is 0. The zero-order valence-electron chi connectivity index (χ0n) is 13.4. The molecule has 2 aliphatic heterocycles. The number of benzene rings is 1. The maximum absolute atomic E-state index is 11.6. The van der Waals surface area contributed by atoms with E-state index in [0.29, 0.717) is 25.3 Å². The van der Waals surface area contributed by atoms with E-state index in [1.54, 1.807) is 0 Å². The van der Waals surface area contributed by atoms with E-state index in [1.165, 1.54) is 23.3 Å². The molecule has 0 saturated carbocycles. The molecule has 2 saturated heterocycles. The van der Waals surface area contributed by atoms with Gasteiger partial charge in [0.25, 0.3) is 0 Å². The lowest BCUT2D eigenvalue weighted by molar-refractivity contribution is -0.138. The first-order valence-corrected chi connectivity index (χ1v) is 8.34. The normalized spacial score (nSPS) is 19.9. The van der Waals surface area contributed by atoms with E-state index < -0.39 is 0 Å². The van der Waals surface area contributed by atoms with Crippen molar-refractivity contribution in [3.63, 3.8) is 0 Å². The number of likely N-dealkylation sites (tertiary alicyclic amines) is 2. The van der Waals surface area contributed by atoms with Gasteiger partial charge in [-0.1, -0.05) is 30.3 Å². The third-order valence-electron chi connectivity index (χ3n) is 4.87. The summed E-state index contributed by atoms with van der Waals surface area (Å²) in [4.78, 5) is 27.0. The van der Waals surface area contributed by atoms with Gasteiger partial charge >= 0.3 is 0 Å². The second-order valence-corrected chi connectivity index (χ2v) is 6.32. The van der Waals surface area contributed by atoms with Gasteiger partial charge in [-0.25, -0.2) is 0 Å². The summed E-state index contributed by atoms with van der Waals surface area (Å²) in [7, 11) is 0. The first-order valence-electron chi connectivity index (χ1n) is 8.34. The lowest BCUT2D eigenvalue weighted by Crippen LogP contribution is -2.36. The van der Waals surface area contributed by atoms with Gasteiger partial charge in [0.1, 0.15) is 0 Å². The molecule has 0 aromatic heterocycles. The third kappa shape index (κ3) is 4.55. The van der Waals surface area contributed by atoms with Crippen molar-refractivity contribution in [1.82, 2.24) is 9.80 Å². The van der Waals surface area contributed by atoms with Crippen LogP contribution in [0.5, 0.6) is 0 Å². The van der Waals surface area contributed by atoms with Gasteiger partial charge in [-0.15, -0.1) is 12.4 Å². The number of nitrogens with zero attached hydrogens (tertiary/aromatic N) is 2. The summed E-state index contributed by atoms with van der Waals surface area (Å²) in [6.45, 7) is 3.80. The van der Waals surface area contributed by atoms with E-state index in [1.807, 2.05) is 0 Å². The molecule has 0 spiro atoms. The average Bonchev–Trinajstić information content (AvgIpc) is 2.88. The van der Waals surface area contributed by atoms with Crippen molar-refractivity contribution in [2.45, 2.75) is 38.0 Å². The highest BCUT2D eigenvalue weighted by molar-refractivity contribution is 6.01. The van der Waals surface area contributed by atoms with E-state index in [4.69, 9.17) is 0 Å². The maximum atomic E-state index is 11.6. The topological polar surface area (TPSA) is 40.6 Å². The molecule has 0 atom stereocenters. The first kappa shape index (κ1) is 18.0. The van der Waals surface area contributed by atoms with Gasteiger partial charge < -0.3 is 4.90 Å². The zero-order chi connectivity index (χ0) is 15.4. The number of rotatable bonds is 5. The number of halogens is 1. The number of hydrogen-bond donors (Lipinski definition) is 0. The summed E-state index contributed by atoms with van der Waals surface area (Å²) in [5.74, 6) is 0.694. The van der Waals surface area contributed by atoms with E-state index in [0.717, 1.165) is 26.1 Å². The van der Waals surface area contributed by atoms with E-state index in [9.17, 15) is 9.59 Å². The SMILES string of the molecule is Cl.O=C1CCC(=O)N1CCCN1CCC(c2ccccc2)CC1. The largest absolute Gasteiger partial charge is 0.303 e. The van der Waals surface area contributed by atoms with Crippen LogP contribution in [0.15, 0.2) is 30.3 Å². The molecule has 0 bridgehead atoms. The van der Waals surface area contributed by atoms with Crippen molar-refractivity contribution in [3.8, 4) is 0 Å². The van der Waals surface area contributed by atoms with E-state index in [-0.39, 0.29) is 24.2 Å². The van der Waals surface area contributed by atoms with Gasteiger partial charge in [0.2, 0.25) is 11.8 Å². The minimum absolute atomic E-state index is 0. The van der Waals surface area contributed by atoms with Gasteiger partial charge in [-0.3, -0.25) is 14.5 Å². The van der Waals surface area contributed by atoms with Gasteiger partial charge in [0.05, 0.1) is 0 Å². The average molecular weight is 337 g/mol. The number of piperidine rings is 1. The second kappa shape index (κ2) is 8.46. The van der Waals surface area contributed by atoms with Crippen LogP contribution in [-0.4, -0.2) is 47.8 Å². The molecule has 4 nitrogen and oxygen atoms in total. The standard InChI is InChI=1S/C18H24N2O2.ClH/c21-17-7-8-18(22)20(17)12-4-11-19-13-9-16(10-14-19)15-5-2-1-3-6-15;/h1-3,5-6,16H,4,7-14H2;1H. The van der Waals surface area contributed by atoms with Crippen LogP contribution in [0.3, 0.4) is 0 Å². The molecule has 1 aromatic carbocycles. The summed E-state index contributed by atoms with van der Waals surface area (Å²) in [5, 5.41) is 0. The Bertz CT molecular complexity index is 511. The van der Waals surface area contributed by atoms with Crippen molar-refractivity contribution in [2.75, 3.05) is 26.2 Å². The predicted molar refractivity (Wildman–Crippen MR) is 92.7 cm³/mol. The molecule has 2 amide bonds. The molecule has 3 rings (SSSR count). The van der Waals surface area contributed by atoms with Crippen LogP contribution >= 0.6 is 12.4 Å². The summed E-state index contributed by atoms with van der Waals surface area (Å²) in [6, 6.07) is 10.8. The van der Waals surface area contributed by atoms with Gasteiger partial charge in [-0.2, -0.15) is 0 Å². The fourth-order valence-electron chi connectivity index (χ4n) is 3.54. The monoisotopic (exact) mass is 336 g/mol. The van der Waals surface area contributed by atoms with Crippen LogP contribution < -0.4 is 0 Å². The number of amides is 2. The van der Waals surface area contributed by atoms with E-state index >= 15 is 0 Å². The van der Waals surface area contributed by atoms with Crippen molar-refractivity contribution >= 4 is 24.2 Å². The fourth-order valence-corrected chi connectivity index (χ4v) is 3.54.